The van der Waals surface area contributed by atoms with Crippen molar-refractivity contribution in [3.8, 4) is 5.75 Å². The smallest absolute Gasteiger partial charge is 0.268 e. The molecule has 2 heterocycles. The number of amides is 1. The zero-order chi connectivity index (χ0) is 14.1. The maximum Gasteiger partial charge on any atom is 0.268 e. The van der Waals surface area contributed by atoms with Crippen molar-refractivity contribution >= 4 is 17.3 Å². The predicted molar refractivity (Wildman–Crippen MR) is 76.4 cm³/mol. The second kappa shape index (κ2) is 4.85. The number of nitrogen functional groups attached to an aromatic ring is 1. The van der Waals surface area contributed by atoms with Crippen LogP contribution in [0.1, 0.15) is 12.6 Å². The second-order valence-corrected chi connectivity index (χ2v) is 4.73. The Labute approximate surface area is 117 Å². The van der Waals surface area contributed by atoms with Gasteiger partial charge in [-0.05, 0) is 31.2 Å². The first kappa shape index (κ1) is 12.5. The average molecular weight is 269 g/mol. The van der Waals surface area contributed by atoms with Crippen molar-refractivity contribution in [1.82, 2.24) is 4.98 Å². The molecule has 0 radical (unpaired) electrons. The van der Waals surface area contributed by atoms with Crippen molar-refractivity contribution < 1.29 is 9.53 Å². The van der Waals surface area contributed by atoms with Crippen LogP contribution in [0.3, 0.4) is 0 Å². The highest BCUT2D eigenvalue weighted by Gasteiger charge is 2.31. The van der Waals surface area contributed by atoms with Crippen LogP contribution in [0, 0.1) is 0 Å². The number of ether oxygens (including phenoxy) is 1. The summed E-state index contributed by atoms with van der Waals surface area (Å²) in [6.45, 7) is 2.16. The molecule has 1 aromatic carbocycles. The molecule has 0 aliphatic carbocycles. The van der Waals surface area contributed by atoms with Gasteiger partial charge in [-0.15, -0.1) is 0 Å². The normalized spacial score (nSPS) is 17.6. The van der Waals surface area contributed by atoms with E-state index in [2.05, 4.69) is 4.98 Å². The molecule has 0 saturated heterocycles. The van der Waals surface area contributed by atoms with Gasteiger partial charge in [0, 0.05) is 18.0 Å². The van der Waals surface area contributed by atoms with Crippen molar-refractivity contribution in [1.29, 1.82) is 0 Å². The Balaban J connectivity index is 1.99. The fraction of sp³-hybridized carbons (Fsp3) is 0.200. The number of hydrogen-bond donors (Lipinski definition) is 1. The molecular formula is C15H15N3O2. The van der Waals surface area contributed by atoms with Crippen LogP contribution in [0.5, 0.6) is 5.75 Å². The fourth-order valence-corrected chi connectivity index (χ4v) is 2.24. The van der Waals surface area contributed by atoms with Gasteiger partial charge in [0.2, 0.25) is 0 Å². The van der Waals surface area contributed by atoms with Crippen LogP contribution in [0.15, 0.2) is 42.6 Å². The van der Waals surface area contributed by atoms with Crippen molar-refractivity contribution in [2.75, 3.05) is 10.6 Å². The number of nitrogens with zero attached hydrogens (tertiary/aromatic N) is 2. The van der Waals surface area contributed by atoms with Crippen molar-refractivity contribution in [3.63, 3.8) is 0 Å². The summed E-state index contributed by atoms with van der Waals surface area (Å²) in [7, 11) is 0. The number of rotatable bonds is 2. The van der Waals surface area contributed by atoms with Gasteiger partial charge >= 0.3 is 0 Å². The van der Waals surface area contributed by atoms with Crippen LogP contribution < -0.4 is 15.4 Å². The van der Waals surface area contributed by atoms with Crippen LogP contribution in [0.2, 0.25) is 0 Å². The molecule has 102 valence electrons. The van der Waals surface area contributed by atoms with Gasteiger partial charge in [-0.2, -0.15) is 0 Å². The largest absolute Gasteiger partial charge is 0.479 e. The van der Waals surface area contributed by atoms with E-state index in [4.69, 9.17) is 10.5 Å². The van der Waals surface area contributed by atoms with Crippen LogP contribution in [0.4, 0.5) is 11.4 Å². The minimum atomic E-state index is -0.520. The first-order valence-electron chi connectivity index (χ1n) is 6.42. The third-order valence-electron chi connectivity index (χ3n) is 3.24. The van der Waals surface area contributed by atoms with E-state index in [1.54, 1.807) is 36.2 Å². The molecule has 1 amide bonds. The molecule has 1 aromatic heterocycles. The SMILES string of the molecule is CC1Oc2cc(N)ccc2N(Cc2ccccn2)C1=O. The third-order valence-corrected chi connectivity index (χ3v) is 3.24. The number of pyridine rings is 1. The molecule has 0 fully saturated rings. The lowest BCUT2D eigenvalue weighted by Crippen LogP contribution is -2.44. The monoisotopic (exact) mass is 269 g/mol. The molecule has 2 N–H and O–H groups in total. The van der Waals surface area contributed by atoms with E-state index in [9.17, 15) is 4.79 Å². The Bertz CT molecular complexity index is 643. The molecule has 0 bridgehead atoms. The lowest BCUT2D eigenvalue weighted by Gasteiger charge is -2.33. The maximum absolute atomic E-state index is 12.3. The summed E-state index contributed by atoms with van der Waals surface area (Å²) in [5, 5.41) is 0. The number of fused-ring (bicyclic) bond motifs is 1. The quantitative estimate of drug-likeness (QED) is 0.846. The third kappa shape index (κ3) is 2.18. The molecule has 5 nitrogen and oxygen atoms in total. The van der Waals surface area contributed by atoms with E-state index in [-0.39, 0.29) is 5.91 Å². The van der Waals surface area contributed by atoms with Crippen LogP contribution in [-0.2, 0) is 11.3 Å². The predicted octanol–water partition coefficient (Wildman–Crippen LogP) is 1.98. The van der Waals surface area contributed by atoms with E-state index in [1.807, 2.05) is 18.2 Å². The van der Waals surface area contributed by atoms with Gasteiger partial charge in [-0.25, -0.2) is 0 Å². The van der Waals surface area contributed by atoms with Crippen LogP contribution in [0.25, 0.3) is 0 Å². The van der Waals surface area contributed by atoms with Crippen molar-refractivity contribution in [2.24, 2.45) is 0 Å². The summed E-state index contributed by atoms with van der Waals surface area (Å²) in [6, 6.07) is 10.9. The number of hydrogen-bond acceptors (Lipinski definition) is 4. The standard InChI is InChI=1S/C15H15N3O2/c1-10-15(19)18(9-12-4-2-3-7-17-12)13-6-5-11(16)8-14(13)20-10/h2-8,10H,9,16H2,1H3. The Kier molecular flexibility index (Phi) is 3.02. The number of aromatic nitrogens is 1. The fourth-order valence-electron chi connectivity index (χ4n) is 2.24. The zero-order valence-corrected chi connectivity index (χ0v) is 11.1. The molecule has 1 unspecified atom stereocenters. The summed E-state index contributed by atoms with van der Waals surface area (Å²) in [5.41, 5.74) is 7.94. The van der Waals surface area contributed by atoms with Crippen molar-refractivity contribution in [3.05, 3.63) is 48.3 Å². The summed E-state index contributed by atoms with van der Waals surface area (Å²) in [5.74, 6) is 0.556. The average Bonchev–Trinajstić information content (AvgIpc) is 2.45. The maximum atomic E-state index is 12.3. The van der Waals surface area contributed by atoms with Gasteiger partial charge in [0.25, 0.3) is 5.91 Å². The number of anilines is 2. The number of nitrogens with two attached hydrogens (primary N) is 1. The highest BCUT2D eigenvalue weighted by atomic mass is 16.5. The molecule has 1 aliphatic heterocycles. The highest BCUT2D eigenvalue weighted by molar-refractivity contribution is 5.99. The first-order chi connectivity index (χ1) is 9.65. The molecule has 1 atom stereocenters. The second-order valence-electron chi connectivity index (χ2n) is 4.73. The molecule has 2 aromatic rings. The lowest BCUT2D eigenvalue weighted by atomic mass is 10.1. The van der Waals surface area contributed by atoms with E-state index >= 15 is 0 Å². The number of benzene rings is 1. The van der Waals surface area contributed by atoms with E-state index < -0.39 is 6.10 Å². The number of carbonyl (C=O) groups is 1. The summed E-state index contributed by atoms with van der Waals surface area (Å²) in [4.78, 5) is 18.3. The summed E-state index contributed by atoms with van der Waals surface area (Å²) < 4.78 is 5.60. The van der Waals surface area contributed by atoms with Gasteiger partial charge < -0.3 is 10.5 Å². The topological polar surface area (TPSA) is 68.5 Å². The van der Waals surface area contributed by atoms with Crippen LogP contribution in [-0.4, -0.2) is 17.0 Å². The van der Waals surface area contributed by atoms with E-state index in [0.29, 0.717) is 18.0 Å². The van der Waals surface area contributed by atoms with Gasteiger partial charge in [0.1, 0.15) is 5.75 Å². The Morgan fingerprint density at radius 1 is 1.35 bits per heavy atom. The Morgan fingerprint density at radius 3 is 2.95 bits per heavy atom. The Morgan fingerprint density at radius 2 is 2.20 bits per heavy atom. The molecule has 1 aliphatic rings. The molecule has 5 heteroatoms. The number of carbonyl (C=O) groups excluding carboxylic acids is 1. The minimum absolute atomic E-state index is 0.0760. The van der Waals surface area contributed by atoms with Gasteiger partial charge in [-0.3, -0.25) is 14.7 Å². The molecule has 0 spiro atoms. The molecule has 0 saturated carbocycles. The van der Waals surface area contributed by atoms with Gasteiger partial charge in [0.05, 0.1) is 17.9 Å². The molecular weight excluding hydrogens is 254 g/mol. The van der Waals surface area contributed by atoms with Gasteiger partial charge in [-0.1, -0.05) is 6.07 Å². The van der Waals surface area contributed by atoms with Crippen LogP contribution >= 0.6 is 0 Å². The van der Waals surface area contributed by atoms with Gasteiger partial charge in [0.15, 0.2) is 6.10 Å². The van der Waals surface area contributed by atoms with E-state index in [0.717, 1.165) is 11.4 Å². The van der Waals surface area contributed by atoms with Crippen molar-refractivity contribution in [2.45, 2.75) is 19.6 Å². The molecule has 20 heavy (non-hydrogen) atoms. The van der Waals surface area contributed by atoms with E-state index in [1.165, 1.54) is 0 Å². The summed E-state index contributed by atoms with van der Waals surface area (Å²) in [6.07, 6.45) is 1.20. The zero-order valence-electron chi connectivity index (χ0n) is 11.1. The minimum Gasteiger partial charge on any atom is -0.479 e. The highest BCUT2D eigenvalue weighted by Crippen LogP contribution is 2.36. The molecule has 3 rings (SSSR count). The summed E-state index contributed by atoms with van der Waals surface area (Å²) >= 11 is 0. The lowest BCUT2D eigenvalue weighted by molar-refractivity contribution is -0.125. The Hall–Kier alpha value is -2.56. The first-order valence-corrected chi connectivity index (χ1v) is 6.42.